The summed E-state index contributed by atoms with van der Waals surface area (Å²) >= 11 is 11.8. The van der Waals surface area contributed by atoms with Gasteiger partial charge in [-0.3, -0.25) is 4.79 Å². The lowest BCUT2D eigenvalue weighted by molar-refractivity contribution is -0.115. The van der Waals surface area contributed by atoms with Crippen LogP contribution in [-0.2, 0) is 11.2 Å². The number of ether oxygens (including phenoxy) is 1. The summed E-state index contributed by atoms with van der Waals surface area (Å²) in [4.78, 5) is 16.0. The topological polar surface area (TPSA) is 51.2 Å². The molecule has 4 nitrogen and oxygen atoms in total. The van der Waals surface area contributed by atoms with Crippen molar-refractivity contribution in [3.05, 3.63) is 82.6 Å². The molecule has 0 atom stereocenters. The first-order valence-corrected chi connectivity index (χ1v) is 8.28. The molecular formula is C19H14Cl2N2O2. The minimum atomic E-state index is -0.135. The summed E-state index contributed by atoms with van der Waals surface area (Å²) in [6.07, 6.45) is 1.81. The Morgan fingerprint density at radius 3 is 2.44 bits per heavy atom. The Hall–Kier alpha value is -2.56. The van der Waals surface area contributed by atoms with Gasteiger partial charge in [-0.25, -0.2) is 4.98 Å². The number of para-hydroxylation sites is 1. The fourth-order valence-electron chi connectivity index (χ4n) is 2.16. The van der Waals surface area contributed by atoms with Crippen molar-refractivity contribution in [2.75, 3.05) is 5.32 Å². The van der Waals surface area contributed by atoms with Gasteiger partial charge in [0.25, 0.3) is 0 Å². The van der Waals surface area contributed by atoms with E-state index in [1.165, 1.54) is 0 Å². The zero-order valence-corrected chi connectivity index (χ0v) is 14.6. The molecule has 25 heavy (non-hydrogen) atoms. The van der Waals surface area contributed by atoms with Crippen LogP contribution in [0.5, 0.6) is 11.5 Å². The fraction of sp³-hybridized carbons (Fsp3) is 0.0526. The van der Waals surface area contributed by atoms with Crippen molar-refractivity contribution < 1.29 is 9.53 Å². The normalized spacial score (nSPS) is 10.3. The highest BCUT2D eigenvalue weighted by Gasteiger charge is 2.06. The zero-order valence-electron chi connectivity index (χ0n) is 13.1. The Morgan fingerprint density at radius 1 is 1.00 bits per heavy atom. The molecule has 0 unspecified atom stereocenters. The average Bonchev–Trinajstić information content (AvgIpc) is 2.61. The monoisotopic (exact) mass is 372 g/mol. The van der Waals surface area contributed by atoms with Gasteiger partial charge in [0, 0.05) is 11.9 Å². The number of nitrogens with one attached hydrogen (secondary N) is 1. The predicted octanol–water partition coefficient (Wildman–Crippen LogP) is 5.36. The Labute approximate surface area is 155 Å². The Bertz CT molecular complexity index is 865. The first kappa shape index (κ1) is 17.3. The highest BCUT2D eigenvalue weighted by Crippen LogP contribution is 2.29. The third kappa shape index (κ3) is 4.95. The zero-order chi connectivity index (χ0) is 17.6. The smallest absolute Gasteiger partial charge is 0.228 e. The van der Waals surface area contributed by atoms with E-state index >= 15 is 0 Å². The van der Waals surface area contributed by atoms with Crippen LogP contribution in [0.1, 0.15) is 5.56 Å². The van der Waals surface area contributed by atoms with Crippen molar-refractivity contribution in [1.29, 1.82) is 0 Å². The summed E-state index contributed by atoms with van der Waals surface area (Å²) in [6, 6.07) is 17.7. The van der Waals surface area contributed by atoms with Crippen LogP contribution < -0.4 is 10.1 Å². The molecule has 1 N–H and O–H groups in total. The van der Waals surface area contributed by atoms with Crippen LogP contribution in [0, 0.1) is 0 Å². The second-order valence-electron chi connectivity index (χ2n) is 5.27. The van der Waals surface area contributed by atoms with Gasteiger partial charge in [0.05, 0.1) is 11.4 Å². The van der Waals surface area contributed by atoms with Crippen LogP contribution in [0.2, 0.25) is 10.2 Å². The molecule has 0 aliphatic carbocycles. The first-order valence-electron chi connectivity index (χ1n) is 7.53. The van der Waals surface area contributed by atoms with E-state index in [1.54, 1.807) is 54.7 Å². The maximum absolute atomic E-state index is 12.1. The quantitative estimate of drug-likeness (QED) is 0.613. The SMILES string of the molecule is O=C(Cc1ccc(Cl)nc1)Nc1ccc(Oc2ccccc2Cl)cc1. The Kier molecular flexibility index (Phi) is 5.53. The van der Waals surface area contributed by atoms with Crippen molar-refractivity contribution >= 4 is 34.8 Å². The van der Waals surface area contributed by atoms with Crippen LogP contribution in [0.3, 0.4) is 0 Å². The molecule has 1 aromatic heterocycles. The van der Waals surface area contributed by atoms with E-state index in [9.17, 15) is 4.79 Å². The maximum Gasteiger partial charge on any atom is 0.228 e. The molecule has 0 spiro atoms. The van der Waals surface area contributed by atoms with Crippen LogP contribution in [0.4, 0.5) is 5.69 Å². The molecule has 3 aromatic rings. The number of carbonyl (C=O) groups is 1. The summed E-state index contributed by atoms with van der Waals surface area (Å²) in [5.74, 6) is 1.08. The third-order valence-corrected chi connectivity index (χ3v) is 3.89. The minimum absolute atomic E-state index is 0.135. The third-order valence-electron chi connectivity index (χ3n) is 3.36. The van der Waals surface area contributed by atoms with Gasteiger partial charge in [0.15, 0.2) is 0 Å². The van der Waals surface area contributed by atoms with E-state index in [0.29, 0.717) is 27.4 Å². The summed E-state index contributed by atoms with van der Waals surface area (Å²) in [5, 5.41) is 3.77. The molecule has 1 heterocycles. The van der Waals surface area contributed by atoms with Gasteiger partial charge in [0.2, 0.25) is 5.91 Å². The van der Waals surface area contributed by atoms with Crippen molar-refractivity contribution in [2.24, 2.45) is 0 Å². The van der Waals surface area contributed by atoms with E-state index in [2.05, 4.69) is 10.3 Å². The van der Waals surface area contributed by atoms with Gasteiger partial charge >= 0.3 is 0 Å². The number of pyridine rings is 1. The molecule has 0 fully saturated rings. The lowest BCUT2D eigenvalue weighted by atomic mass is 10.2. The molecule has 6 heteroatoms. The van der Waals surface area contributed by atoms with Crippen molar-refractivity contribution in [1.82, 2.24) is 4.98 Å². The first-order chi connectivity index (χ1) is 12.1. The second kappa shape index (κ2) is 8.01. The molecule has 0 aliphatic rings. The molecular weight excluding hydrogens is 359 g/mol. The number of amides is 1. The minimum Gasteiger partial charge on any atom is -0.456 e. The number of hydrogen-bond acceptors (Lipinski definition) is 3. The molecule has 0 radical (unpaired) electrons. The summed E-state index contributed by atoms with van der Waals surface area (Å²) in [5.41, 5.74) is 1.47. The van der Waals surface area contributed by atoms with Crippen molar-refractivity contribution in [3.8, 4) is 11.5 Å². The maximum atomic E-state index is 12.1. The lowest BCUT2D eigenvalue weighted by Gasteiger charge is -2.09. The van der Waals surface area contributed by atoms with Crippen molar-refractivity contribution in [2.45, 2.75) is 6.42 Å². The molecule has 0 saturated carbocycles. The van der Waals surface area contributed by atoms with E-state index in [0.717, 1.165) is 5.56 Å². The van der Waals surface area contributed by atoms with Gasteiger partial charge in [-0.15, -0.1) is 0 Å². The number of anilines is 1. The van der Waals surface area contributed by atoms with Gasteiger partial charge in [0.1, 0.15) is 16.7 Å². The molecule has 0 aliphatic heterocycles. The van der Waals surface area contributed by atoms with E-state index < -0.39 is 0 Å². The molecule has 126 valence electrons. The Balaban J connectivity index is 1.59. The molecule has 0 saturated heterocycles. The average molecular weight is 373 g/mol. The largest absolute Gasteiger partial charge is 0.456 e. The lowest BCUT2D eigenvalue weighted by Crippen LogP contribution is -2.14. The number of rotatable bonds is 5. The number of aromatic nitrogens is 1. The summed E-state index contributed by atoms with van der Waals surface area (Å²) < 4.78 is 5.71. The van der Waals surface area contributed by atoms with E-state index in [-0.39, 0.29) is 12.3 Å². The van der Waals surface area contributed by atoms with Gasteiger partial charge in [-0.2, -0.15) is 0 Å². The highest BCUT2D eigenvalue weighted by molar-refractivity contribution is 6.32. The molecule has 1 amide bonds. The van der Waals surface area contributed by atoms with Crippen LogP contribution in [0.15, 0.2) is 66.9 Å². The second-order valence-corrected chi connectivity index (χ2v) is 6.07. The van der Waals surface area contributed by atoms with Crippen LogP contribution in [0.25, 0.3) is 0 Å². The van der Waals surface area contributed by atoms with Gasteiger partial charge in [-0.05, 0) is 48.0 Å². The fourth-order valence-corrected chi connectivity index (χ4v) is 2.45. The number of hydrogen-bond donors (Lipinski definition) is 1. The highest BCUT2D eigenvalue weighted by atomic mass is 35.5. The summed E-state index contributed by atoms with van der Waals surface area (Å²) in [7, 11) is 0. The number of nitrogens with zero attached hydrogens (tertiary/aromatic N) is 1. The van der Waals surface area contributed by atoms with Crippen LogP contribution >= 0.6 is 23.2 Å². The standard InChI is InChI=1S/C19H14Cl2N2O2/c20-16-3-1-2-4-17(16)25-15-8-6-14(7-9-15)23-19(24)11-13-5-10-18(21)22-12-13/h1-10,12H,11H2,(H,23,24). The van der Waals surface area contributed by atoms with Crippen molar-refractivity contribution in [3.63, 3.8) is 0 Å². The molecule has 0 bridgehead atoms. The number of benzene rings is 2. The number of halogens is 2. The Morgan fingerprint density at radius 2 is 1.76 bits per heavy atom. The van der Waals surface area contributed by atoms with E-state index in [1.807, 2.05) is 12.1 Å². The van der Waals surface area contributed by atoms with Gasteiger partial charge < -0.3 is 10.1 Å². The molecule has 3 rings (SSSR count). The van der Waals surface area contributed by atoms with E-state index in [4.69, 9.17) is 27.9 Å². The summed E-state index contributed by atoms with van der Waals surface area (Å²) in [6.45, 7) is 0. The number of carbonyl (C=O) groups excluding carboxylic acids is 1. The predicted molar refractivity (Wildman–Crippen MR) is 99.5 cm³/mol. The van der Waals surface area contributed by atoms with Crippen LogP contribution in [-0.4, -0.2) is 10.9 Å². The molecule has 2 aromatic carbocycles. The van der Waals surface area contributed by atoms with Gasteiger partial charge in [-0.1, -0.05) is 41.4 Å².